The first-order chi connectivity index (χ1) is 15.4. The fraction of sp³-hybridized carbons (Fsp3) is 0.300. The molecule has 0 aliphatic carbocycles. The van der Waals surface area contributed by atoms with Crippen molar-refractivity contribution in [2.45, 2.75) is 26.2 Å². The van der Waals surface area contributed by atoms with Crippen molar-refractivity contribution in [2.75, 3.05) is 18.0 Å². The van der Waals surface area contributed by atoms with Gasteiger partial charge in [0, 0.05) is 18.7 Å². The number of cyclic esters (lactones) is 1. The van der Waals surface area contributed by atoms with E-state index >= 15 is 0 Å². The Morgan fingerprint density at radius 2 is 2.25 bits per heavy atom. The summed E-state index contributed by atoms with van der Waals surface area (Å²) >= 11 is 0. The standard InChI is InChI=1S/C20H19FN8O3/c1-13(30)23-6-16-9-29(20(31)32-16)15-3-4-17(18(21)5-15)19-10-28(26-25-19)8-14-7-27(11-22-2)12-24-14/h3-5,7,10,12,16H,6,8-9,11H2,1H3,(H,23,30)/t16-/m0/s1. The highest BCUT2D eigenvalue weighted by atomic mass is 19.1. The molecule has 0 radical (unpaired) electrons. The summed E-state index contributed by atoms with van der Waals surface area (Å²) in [5.41, 5.74) is 1.62. The number of imidazole rings is 1. The van der Waals surface area contributed by atoms with Gasteiger partial charge >= 0.3 is 6.09 Å². The highest BCUT2D eigenvalue weighted by Crippen LogP contribution is 2.28. The van der Waals surface area contributed by atoms with Crippen LogP contribution in [0.1, 0.15) is 12.6 Å². The average molecular weight is 438 g/mol. The van der Waals surface area contributed by atoms with Gasteiger partial charge in [-0.3, -0.25) is 19.1 Å². The molecular weight excluding hydrogens is 419 g/mol. The zero-order chi connectivity index (χ0) is 22.7. The van der Waals surface area contributed by atoms with Gasteiger partial charge in [-0.25, -0.2) is 25.4 Å². The molecule has 3 heterocycles. The van der Waals surface area contributed by atoms with E-state index in [1.54, 1.807) is 29.4 Å². The van der Waals surface area contributed by atoms with E-state index in [0.717, 1.165) is 0 Å². The van der Waals surface area contributed by atoms with Gasteiger partial charge in [0.2, 0.25) is 5.91 Å². The number of amides is 2. The number of carbonyl (C=O) groups excluding carboxylic acids is 2. The first kappa shape index (κ1) is 21.0. The molecule has 4 rings (SSSR count). The molecule has 1 aromatic carbocycles. The Hall–Kier alpha value is -4.27. The first-order valence-corrected chi connectivity index (χ1v) is 9.69. The number of anilines is 1. The van der Waals surface area contributed by atoms with E-state index in [0.29, 0.717) is 23.6 Å². The molecule has 32 heavy (non-hydrogen) atoms. The number of nitrogens with one attached hydrogen (secondary N) is 1. The van der Waals surface area contributed by atoms with Gasteiger partial charge in [0.1, 0.15) is 23.9 Å². The number of carbonyl (C=O) groups is 2. The quantitative estimate of drug-likeness (QED) is 0.562. The molecule has 1 aliphatic rings. The van der Waals surface area contributed by atoms with Crippen LogP contribution in [0.3, 0.4) is 0 Å². The molecule has 11 nitrogen and oxygen atoms in total. The molecule has 2 aromatic heterocycles. The molecule has 1 atom stereocenters. The van der Waals surface area contributed by atoms with Gasteiger partial charge in [0.05, 0.1) is 37.2 Å². The zero-order valence-corrected chi connectivity index (χ0v) is 17.1. The van der Waals surface area contributed by atoms with Gasteiger partial charge in [0.15, 0.2) is 0 Å². The third-order valence-electron chi connectivity index (χ3n) is 4.78. The van der Waals surface area contributed by atoms with Crippen LogP contribution in [0, 0.1) is 12.4 Å². The molecule has 0 unspecified atom stereocenters. The van der Waals surface area contributed by atoms with Crippen LogP contribution in [0.15, 0.2) is 36.9 Å². The minimum atomic E-state index is -0.601. The monoisotopic (exact) mass is 438 g/mol. The lowest BCUT2D eigenvalue weighted by molar-refractivity contribution is -0.119. The fourth-order valence-electron chi connectivity index (χ4n) is 3.29. The van der Waals surface area contributed by atoms with Crippen LogP contribution in [0.5, 0.6) is 0 Å². The molecule has 0 saturated carbocycles. The minimum absolute atomic E-state index is 0.186. The largest absolute Gasteiger partial charge is 0.442 e. The Balaban J connectivity index is 1.45. The Bertz CT molecular complexity index is 1200. The Kier molecular flexibility index (Phi) is 5.80. The van der Waals surface area contributed by atoms with Crippen molar-refractivity contribution >= 4 is 17.7 Å². The second kappa shape index (κ2) is 8.84. The minimum Gasteiger partial charge on any atom is -0.442 e. The Morgan fingerprint density at radius 3 is 3.00 bits per heavy atom. The Labute approximate surface area is 182 Å². The van der Waals surface area contributed by atoms with Crippen molar-refractivity contribution < 1.29 is 18.7 Å². The summed E-state index contributed by atoms with van der Waals surface area (Å²) in [6.45, 7) is 9.17. The van der Waals surface area contributed by atoms with E-state index < -0.39 is 18.0 Å². The first-order valence-electron chi connectivity index (χ1n) is 9.69. The van der Waals surface area contributed by atoms with Gasteiger partial charge < -0.3 is 10.1 Å². The molecule has 0 spiro atoms. The van der Waals surface area contributed by atoms with Crippen molar-refractivity contribution in [3.63, 3.8) is 0 Å². The topological polar surface area (TPSA) is 112 Å². The second-order valence-electron chi connectivity index (χ2n) is 7.20. The van der Waals surface area contributed by atoms with E-state index in [1.807, 2.05) is 0 Å². The molecule has 3 aromatic rings. The van der Waals surface area contributed by atoms with Gasteiger partial charge in [-0.1, -0.05) is 5.21 Å². The van der Waals surface area contributed by atoms with Crippen LogP contribution in [-0.2, 0) is 22.7 Å². The number of ether oxygens (including phenoxy) is 1. The molecule has 1 fully saturated rings. The number of benzene rings is 1. The summed E-state index contributed by atoms with van der Waals surface area (Å²) < 4.78 is 23.2. The lowest BCUT2D eigenvalue weighted by Crippen LogP contribution is -2.33. The SMILES string of the molecule is [C-]#[N+]Cn1cnc(Cn2cc(-c3ccc(N4C[C@H](CNC(C)=O)OC4=O)cc3F)nn2)c1. The summed E-state index contributed by atoms with van der Waals surface area (Å²) in [6.07, 6.45) is 3.79. The number of hydrogen-bond acceptors (Lipinski definition) is 6. The summed E-state index contributed by atoms with van der Waals surface area (Å²) in [7, 11) is 0. The van der Waals surface area contributed by atoms with E-state index in [4.69, 9.17) is 11.3 Å². The average Bonchev–Trinajstić information content (AvgIpc) is 3.48. The smallest absolute Gasteiger partial charge is 0.414 e. The maximum Gasteiger partial charge on any atom is 0.414 e. The van der Waals surface area contributed by atoms with Crippen molar-refractivity contribution in [3.05, 3.63) is 59.8 Å². The fourth-order valence-corrected chi connectivity index (χ4v) is 3.29. The molecule has 0 bridgehead atoms. The van der Waals surface area contributed by atoms with Gasteiger partial charge in [-0.05, 0) is 18.2 Å². The summed E-state index contributed by atoms with van der Waals surface area (Å²) in [5.74, 6) is -0.784. The van der Waals surface area contributed by atoms with Crippen LogP contribution in [0.4, 0.5) is 14.9 Å². The van der Waals surface area contributed by atoms with E-state index in [-0.39, 0.29) is 31.2 Å². The van der Waals surface area contributed by atoms with Crippen LogP contribution < -0.4 is 10.2 Å². The van der Waals surface area contributed by atoms with Crippen molar-refractivity contribution in [1.82, 2.24) is 29.9 Å². The lowest BCUT2D eigenvalue weighted by atomic mass is 10.1. The molecular formula is C20H19FN8O3. The van der Waals surface area contributed by atoms with E-state index in [9.17, 15) is 14.0 Å². The van der Waals surface area contributed by atoms with Crippen molar-refractivity contribution in [2.24, 2.45) is 0 Å². The maximum absolute atomic E-state index is 14.8. The number of nitrogens with zero attached hydrogens (tertiary/aromatic N) is 7. The molecule has 1 saturated heterocycles. The van der Waals surface area contributed by atoms with Crippen LogP contribution in [0.25, 0.3) is 16.1 Å². The molecule has 1 N–H and O–H groups in total. The van der Waals surface area contributed by atoms with Crippen LogP contribution in [-0.4, -0.2) is 55.7 Å². The number of halogens is 1. The number of aromatic nitrogens is 5. The van der Waals surface area contributed by atoms with E-state index in [1.165, 1.54) is 28.6 Å². The summed E-state index contributed by atoms with van der Waals surface area (Å²) in [4.78, 5) is 32.0. The predicted octanol–water partition coefficient (Wildman–Crippen LogP) is 1.67. The molecule has 1 aliphatic heterocycles. The van der Waals surface area contributed by atoms with Gasteiger partial charge in [-0.15, -0.1) is 5.10 Å². The predicted molar refractivity (Wildman–Crippen MR) is 110 cm³/mol. The van der Waals surface area contributed by atoms with Gasteiger partial charge in [0.25, 0.3) is 6.67 Å². The van der Waals surface area contributed by atoms with Crippen molar-refractivity contribution in [3.8, 4) is 11.3 Å². The number of rotatable bonds is 7. The van der Waals surface area contributed by atoms with Crippen LogP contribution in [0.2, 0.25) is 0 Å². The van der Waals surface area contributed by atoms with E-state index in [2.05, 4.69) is 25.5 Å². The lowest BCUT2D eigenvalue weighted by Gasteiger charge is -2.14. The zero-order valence-electron chi connectivity index (χ0n) is 17.1. The third-order valence-corrected chi connectivity index (χ3v) is 4.78. The van der Waals surface area contributed by atoms with Gasteiger partial charge in [-0.2, -0.15) is 0 Å². The third kappa shape index (κ3) is 4.56. The maximum atomic E-state index is 14.8. The summed E-state index contributed by atoms with van der Waals surface area (Å²) in [6, 6.07) is 4.37. The second-order valence-corrected chi connectivity index (χ2v) is 7.20. The van der Waals surface area contributed by atoms with Crippen LogP contribution >= 0.6 is 0 Å². The normalized spacial score (nSPS) is 15.5. The number of hydrogen-bond donors (Lipinski definition) is 1. The molecule has 164 valence electrons. The van der Waals surface area contributed by atoms with Crippen molar-refractivity contribution in [1.29, 1.82) is 0 Å². The molecule has 2 amide bonds. The Morgan fingerprint density at radius 1 is 1.41 bits per heavy atom. The summed E-state index contributed by atoms with van der Waals surface area (Å²) in [5, 5.41) is 10.6. The highest BCUT2D eigenvalue weighted by molar-refractivity contribution is 5.90. The highest BCUT2D eigenvalue weighted by Gasteiger charge is 2.32. The molecule has 12 heteroatoms.